The third kappa shape index (κ3) is 5.77. The molecule has 1 heterocycles. The zero-order valence-electron chi connectivity index (χ0n) is 12.0. The van der Waals surface area contributed by atoms with Crippen molar-refractivity contribution in [1.29, 1.82) is 0 Å². The molecule has 2 rings (SSSR count). The third-order valence-corrected chi connectivity index (χ3v) is 4.38. The SMILES string of the molecule is O=C(CC1CCCCCC1)NCCC1=CCNCC1. The Bertz CT molecular complexity index is 304. The monoisotopic (exact) mass is 264 g/mol. The molecule has 108 valence electrons. The summed E-state index contributed by atoms with van der Waals surface area (Å²) in [7, 11) is 0. The topological polar surface area (TPSA) is 41.1 Å². The van der Waals surface area contributed by atoms with Gasteiger partial charge in [0.05, 0.1) is 0 Å². The molecule has 1 aliphatic heterocycles. The van der Waals surface area contributed by atoms with Crippen LogP contribution in [0.25, 0.3) is 0 Å². The van der Waals surface area contributed by atoms with Gasteiger partial charge in [-0.05, 0) is 38.1 Å². The molecule has 1 fully saturated rings. The quantitative estimate of drug-likeness (QED) is 0.592. The van der Waals surface area contributed by atoms with Gasteiger partial charge in [-0.15, -0.1) is 0 Å². The van der Waals surface area contributed by atoms with Gasteiger partial charge in [-0.25, -0.2) is 0 Å². The van der Waals surface area contributed by atoms with Gasteiger partial charge >= 0.3 is 0 Å². The Morgan fingerprint density at radius 3 is 2.74 bits per heavy atom. The van der Waals surface area contributed by atoms with Crippen LogP contribution in [-0.4, -0.2) is 25.5 Å². The van der Waals surface area contributed by atoms with Crippen molar-refractivity contribution in [3.63, 3.8) is 0 Å². The molecule has 1 saturated carbocycles. The number of rotatable bonds is 5. The maximum atomic E-state index is 11.9. The van der Waals surface area contributed by atoms with E-state index in [1.165, 1.54) is 44.1 Å². The predicted octanol–water partition coefficient (Wildman–Crippen LogP) is 2.77. The highest BCUT2D eigenvalue weighted by Gasteiger charge is 2.15. The van der Waals surface area contributed by atoms with E-state index >= 15 is 0 Å². The molecule has 19 heavy (non-hydrogen) atoms. The van der Waals surface area contributed by atoms with Crippen LogP contribution in [0.1, 0.15) is 57.8 Å². The summed E-state index contributed by atoms with van der Waals surface area (Å²) in [4.78, 5) is 11.9. The molecule has 0 bridgehead atoms. The first kappa shape index (κ1) is 14.6. The van der Waals surface area contributed by atoms with Crippen LogP contribution in [0.5, 0.6) is 0 Å². The molecular formula is C16H28N2O. The van der Waals surface area contributed by atoms with E-state index in [-0.39, 0.29) is 5.91 Å². The average Bonchev–Trinajstić information content (AvgIpc) is 2.68. The average molecular weight is 264 g/mol. The highest BCUT2D eigenvalue weighted by atomic mass is 16.1. The number of amides is 1. The number of hydrogen-bond donors (Lipinski definition) is 2. The van der Waals surface area contributed by atoms with Crippen LogP contribution < -0.4 is 10.6 Å². The fourth-order valence-corrected chi connectivity index (χ4v) is 3.16. The van der Waals surface area contributed by atoms with E-state index in [1.807, 2.05) is 0 Å². The first-order valence-corrected chi connectivity index (χ1v) is 8.00. The Hall–Kier alpha value is -0.830. The van der Waals surface area contributed by atoms with Crippen molar-refractivity contribution in [1.82, 2.24) is 10.6 Å². The van der Waals surface area contributed by atoms with Crippen LogP contribution in [0, 0.1) is 5.92 Å². The van der Waals surface area contributed by atoms with Gasteiger partial charge in [0.2, 0.25) is 5.91 Å². The van der Waals surface area contributed by atoms with Crippen LogP contribution in [0.15, 0.2) is 11.6 Å². The Kier molecular flexibility index (Phi) is 6.42. The molecule has 3 heteroatoms. The minimum Gasteiger partial charge on any atom is -0.356 e. The first-order valence-electron chi connectivity index (χ1n) is 8.00. The number of hydrogen-bond acceptors (Lipinski definition) is 2. The summed E-state index contributed by atoms with van der Waals surface area (Å²) in [6.45, 7) is 2.89. The van der Waals surface area contributed by atoms with Crippen LogP contribution in [-0.2, 0) is 4.79 Å². The first-order chi connectivity index (χ1) is 9.34. The Balaban J connectivity index is 1.59. The fraction of sp³-hybridized carbons (Fsp3) is 0.812. The molecular weight excluding hydrogens is 236 g/mol. The second-order valence-corrected chi connectivity index (χ2v) is 5.98. The minimum absolute atomic E-state index is 0.265. The maximum Gasteiger partial charge on any atom is 0.220 e. The van der Waals surface area contributed by atoms with Crippen molar-refractivity contribution in [2.45, 2.75) is 57.8 Å². The van der Waals surface area contributed by atoms with Crippen molar-refractivity contribution in [2.24, 2.45) is 5.92 Å². The molecule has 0 saturated heterocycles. The van der Waals surface area contributed by atoms with E-state index in [1.54, 1.807) is 0 Å². The summed E-state index contributed by atoms with van der Waals surface area (Å²) in [6.07, 6.45) is 13.0. The lowest BCUT2D eigenvalue weighted by Gasteiger charge is -2.16. The number of nitrogens with one attached hydrogen (secondary N) is 2. The molecule has 2 aliphatic rings. The molecule has 2 N–H and O–H groups in total. The molecule has 1 aliphatic carbocycles. The molecule has 1 amide bonds. The lowest BCUT2D eigenvalue weighted by Crippen LogP contribution is -2.28. The van der Waals surface area contributed by atoms with Gasteiger partial charge in [0.25, 0.3) is 0 Å². The predicted molar refractivity (Wildman–Crippen MR) is 79.0 cm³/mol. The molecule has 3 nitrogen and oxygen atoms in total. The smallest absolute Gasteiger partial charge is 0.220 e. The summed E-state index contributed by atoms with van der Waals surface area (Å²) in [6, 6.07) is 0. The van der Waals surface area contributed by atoms with Crippen molar-refractivity contribution in [3.8, 4) is 0 Å². The van der Waals surface area contributed by atoms with E-state index in [2.05, 4.69) is 16.7 Å². The van der Waals surface area contributed by atoms with Crippen molar-refractivity contribution in [2.75, 3.05) is 19.6 Å². The van der Waals surface area contributed by atoms with Crippen LogP contribution in [0.4, 0.5) is 0 Å². The van der Waals surface area contributed by atoms with Gasteiger partial charge in [0.1, 0.15) is 0 Å². The largest absolute Gasteiger partial charge is 0.356 e. The van der Waals surface area contributed by atoms with Crippen LogP contribution >= 0.6 is 0 Å². The van der Waals surface area contributed by atoms with Gasteiger partial charge in [0.15, 0.2) is 0 Å². The Labute approximate surface area is 117 Å². The normalized spacial score (nSPS) is 21.6. The van der Waals surface area contributed by atoms with Gasteiger partial charge in [0, 0.05) is 19.5 Å². The zero-order chi connectivity index (χ0) is 13.3. The highest BCUT2D eigenvalue weighted by molar-refractivity contribution is 5.76. The molecule has 0 aromatic heterocycles. The van der Waals surface area contributed by atoms with Gasteiger partial charge in [-0.3, -0.25) is 4.79 Å². The number of carbonyl (C=O) groups excluding carboxylic acids is 1. The third-order valence-electron chi connectivity index (χ3n) is 4.38. The van der Waals surface area contributed by atoms with Crippen molar-refractivity contribution in [3.05, 3.63) is 11.6 Å². The van der Waals surface area contributed by atoms with E-state index in [9.17, 15) is 4.79 Å². The lowest BCUT2D eigenvalue weighted by molar-refractivity contribution is -0.122. The molecule has 0 spiro atoms. The number of carbonyl (C=O) groups is 1. The summed E-state index contributed by atoms with van der Waals surface area (Å²) >= 11 is 0. The lowest BCUT2D eigenvalue weighted by atomic mass is 9.96. The standard InChI is InChI=1S/C16H28N2O/c19-16(13-15-5-3-1-2-4-6-15)18-12-9-14-7-10-17-11-8-14/h7,15,17H,1-6,8-13H2,(H,18,19). The second kappa shape index (κ2) is 8.36. The van der Waals surface area contributed by atoms with E-state index in [4.69, 9.17) is 0 Å². The van der Waals surface area contributed by atoms with E-state index < -0.39 is 0 Å². The summed E-state index contributed by atoms with van der Waals surface area (Å²) < 4.78 is 0. The van der Waals surface area contributed by atoms with Crippen LogP contribution in [0.3, 0.4) is 0 Å². The van der Waals surface area contributed by atoms with Crippen LogP contribution in [0.2, 0.25) is 0 Å². The zero-order valence-corrected chi connectivity index (χ0v) is 12.0. The molecule has 0 atom stereocenters. The van der Waals surface area contributed by atoms with Gasteiger partial charge in [-0.1, -0.05) is 37.3 Å². The second-order valence-electron chi connectivity index (χ2n) is 5.98. The molecule has 0 unspecified atom stereocenters. The Morgan fingerprint density at radius 1 is 1.26 bits per heavy atom. The summed E-state index contributed by atoms with van der Waals surface area (Å²) in [5, 5.41) is 6.41. The van der Waals surface area contributed by atoms with Gasteiger partial charge in [-0.2, -0.15) is 0 Å². The highest BCUT2D eigenvalue weighted by Crippen LogP contribution is 2.25. The summed E-state index contributed by atoms with van der Waals surface area (Å²) in [5.74, 6) is 0.905. The van der Waals surface area contributed by atoms with Gasteiger partial charge < -0.3 is 10.6 Å². The van der Waals surface area contributed by atoms with Crippen molar-refractivity contribution >= 4 is 5.91 Å². The van der Waals surface area contributed by atoms with E-state index in [0.29, 0.717) is 5.92 Å². The van der Waals surface area contributed by atoms with Crippen molar-refractivity contribution < 1.29 is 4.79 Å². The molecule has 0 aromatic carbocycles. The maximum absolute atomic E-state index is 11.9. The Morgan fingerprint density at radius 2 is 2.05 bits per heavy atom. The summed E-state index contributed by atoms with van der Waals surface area (Å²) in [5.41, 5.74) is 1.49. The molecule has 0 radical (unpaired) electrons. The molecule has 0 aromatic rings. The van der Waals surface area contributed by atoms with E-state index in [0.717, 1.165) is 38.9 Å². The fourth-order valence-electron chi connectivity index (χ4n) is 3.16. The minimum atomic E-state index is 0.265.